The number of rotatable bonds is 3. The minimum atomic E-state index is -0.639. The zero-order valence-electron chi connectivity index (χ0n) is 9.68. The fraction of sp³-hybridized carbons (Fsp3) is 0.0833. The van der Waals surface area contributed by atoms with Crippen LogP contribution >= 0.6 is 0 Å². The molecule has 18 heavy (non-hydrogen) atoms. The Morgan fingerprint density at radius 1 is 1.50 bits per heavy atom. The van der Waals surface area contributed by atoms with Gasteiger partial charge in [0.1, 0.15) is 17.1 Å². The molecule has 0 unspecified atom stereocenters. The second-order valence-corrected chi connectivity index (χ2v) is 3.49. The number of primary amides is 1. The van der Waals surface area contributed by atoms with Gasteiger partial charge in [-0.1, -0.05) is 0 Å². The Morgan fingerprint density at radius 3 is 2.83 bits per heavy atom. The van der Waals surface area contributed by atoms with E-state index in [0.29, 0.717) is 11.3 Å². The number of methoxy groups -OCH3 is 1. The van der Waals surface area contributed by atoms with Crippen molar-refractivity contribution in [1.29, 1.82) is 0 Å². The van der Waals surface area contributed by atoms with E-state index in [4.69, 9.17) is 16.2 Å². The minimum absolute atomic E-state index is 0.175. The summed E-state index contributed by atoms with van der Waals surface area (Å²) in [5, 5.41) is 0. The second-order valence-electron chi connectivity index (χ2n) is 3.49. The molecule has 0 bridgehead atoms. The molecule has 0 aliphatic rings. The number of nitrogens with zero attached hydrogens (tertiary/aromatic N) is 2. The minimum Gasteiger partial charge on any atom is -0.496 e. The predicted octanol–water partition coefficient (Wildman–Crippen LogP) is 0.633. The molecule has 2 aromatic rings. The molecule has 2 aromatic heterocycles. The van der Waals surface area contributed by atoms with Crippen LogP contribution < -0.4 is 16.2 Å². The van der Waals surface area contributed by atoms with Crippen LogP contribution in [0.2, 0.25) is 0 Å². The molecule has 2 rings (SSSR count). The van der Waals surface area contributed by atoms with Crippen molar-refractivity contribution in [1.82, 2.24) is 9.97 Å². The van der Waals surface area contributed by atoms with E-state index in [1.165, 1.54) is 19.4 Å². The third-order valence-corrected chi connectivity index (χ3v) is 2.35. The molecule has 0 fully saturated rings. The maximum absolute atomic E-state index is 11.5. The smallest absolute Gasteiger partial charge is 0.254 e. The van der Waals surface area contributed by atoms with Gasteiger partial charge in [0.2, 0.25) is 0 Å². The fourth-order valence-electron chi connectivity index (χ4n) is 1.60. The normalized spacial score (nSPS) is 10.1. The van der Waals surface area contributed by atoms with Gasteiger partial charge in [-0.25, -0.2) is 4.98 Å². The molecule has 6 nitrogen and oxygen atoms in total. The summed E-state index contributed by atoms with van der Waals surface area (Å²) >= 11 is 0. The zero-order valence-corrected chi connectivity index (χ0v) is 9.68. The molecule has 0 spiro atoms. The van der Waals surface area contributed by atoms with Crippen molar-refractivity contribution in [2.24, 2.45) is 5.73 Å². The zero-order chi connectivity index (χ0) is 13.1. The van der Waals surface area contributed by atoms with Gasteiger partial charge < -0.3 is 16.2 Å². The van der Waals surface area contributed by atoms with Crippen molar-refractivity contribution >= 4 is 11.7 Å². The molecule has 1 radical (unpaired) electrons. The molecule has 4 N–H and O–H groups in total. The van der Waals surface area contributed by atoms with Crippen LogP contribution in [-0.4, -0.2) is 23.0 Å². The van der Waals surface area contributed by atoms with Crippen LogP contribution in [0, 0.1) is 6.07 Å². The summed E-state index contributed by atoms with van der Waals surface area (Å²) in [6, 6.07) is 5.98. The summed E-state index contributed by atoms with van der Waals surface area (Å²) in [5.74, 6) is -0.119. The lowest BCUT2D eigenvalue weighted by molar-refractivity contribution is 0.0998. The highest BCUT2D eigenvalue weighted by atomic mass is 16.5. The monoisotopic (exact) mass is 243 g/mol. The van der Waals surface area contributed by atoms with E-state index in [-0.39, 0.29) is 17.1 Å². The number of carbonyl (C=O) groups excluding carboxylic acids is 1. The number of pyridine rings is 2. The van der Waals surface area contributed by atoms with E-state index in [1.807, 2.05) is 0 Å². The molecular formula is C12H11N4O2. The van der Waals surface area contributed by atoms with Crippen molar-refractivity contribution < 1.29 is 9.53 Å². The highest BCUT2D eigenvalue weighted by Gasteiger charge is 2.18. The SMILES string of the molecule is COc1cc(N)nc(-c2[c]cncc2)c1C(N)=O. The standard InChI is InChI=1S/C12H11N4O2/c1-18-8-6-9(13)16-11(10(8)12(14)17)7-2-4-15-5-3-7/h2,4-6H,1H3,(H2,13,16)(H2,14,17). The van der Waals surface area contributed by atoms with Crippen molar-refractivity contribution in [3.05, 3.63) is 36.2 Å². The Balaban J connectivity index is 2.73. The Hall–Kier alpha value is -2.63. The van der Waals surface area contributed by atoms with Crippen LogP contribution in [0.25, 0.3) is 11.3 Å². The van der Waals surface area contributed by atoms with Gasteiger partial charge in [-0.15, -0.1) is 0 Å². The molecule has 0 aromatic carbocycles. The van der Waals surface area contributed by atoms with Crippen molar-refractivity contribution in [2.75, 3.05) is 12.8 Å². The van der Waals surface area contributed by atoms with E-state index in [0.717, 1.165) is 0 Å². The summed E-state index contributed by atoms with van der Waals surface area (Å²) in [6.07, 6.45) is 3.03. The lowest BCUT2D eigenvalue weighted by atomic mass is 10.1. The summed E-state index contributed by atoms with van der Waals surface area (Å²) in [6.45, 7) is 0. The van der Waals surface area contributed by atoms with Crippen molar-refractivity contribution in [3.8, 4) is 17.0 Å². The molecule has 1 amide bonds. The number of nitrogen functional groups attached to an aromatic ring is 1. The maximum atomic E-state index is 11.5. The molecule has 0 aliphatic heterocycles. The first-order chi connectivity index (χ1) is 8.63. The molecule has 0 saturated carbocycles. The average molecular weight is 243 g/mol. The first kappa shape index (κ1) is 11.8. The topological polar surface area (TPSA) is 104 Å². The van der Waals surface area contributed by atoms with Crippen LogP contribution in [0.1, 0.15) is 10.4 Å². The van der Waals surface area contributed by atoms with Gasteiger partial charge >= 0.3 is 0 Å². The van der Waals surface area contributed by atoms with Crippen LogP contribution in [-0.2, 0) is 0 Å². The Bertz CT molecular complexity index is 584. The van der Waals surface area contributed by atoms with Crippen molar-refractivity contribution in [2.45, 2.75) is 0 Å². The van der Waals surface area contributed by atoms with Gasteiger partial charge in [0.15, 0.2) is 0 Å². The molecule has 2 heterocycles. The largest absolute Gasteiger partial charge is 0.496 e. The third kappa shape index (κ3) is 2.08. The number of carbonyl (C=O) groups is 1. The quantitative estimate of drug-likeness (QED) is 0.822. The predicted molar refractivity (Wildman–Crippen MR) is 65.8 cm³/mol. The fourth-order valence-corrected chi connectivity index (χ4v) is 1.60. The molecule has 6 heteroatoms. The number of amides is 1. The number of hydrogen-bond donors (Lipinski definition) is 2. The Morgan fingerprint density at radius 2 is 2.28 bits per heavy atom. The average Bonchev–Trinajstić information content (AvgIpc) is 2.38. The van der Waals surface area contributed by atoms with Crippen LogP contribution in [0.5, 0.6) is 5.75 Å². The summed E-state index contributed by atoms with van der Waals surface area (Å²) in [7, 11) is 1.43. The van der Waals surface area contributed by atoms with Gasteiger partial charge in [0, 0.05) is 30.1 Å². The van der Waals surface area contributed by atoms with Gasteiger partial charge in [-0.05, 0) is 6.07 Å². The highest BCUT2D eigenvalue weighted by molar-refractivity contribution is 6.01. The van der Waals surface area contributed by atoms with Crippen LogP contribution in [0.3, 0.4) is 0 Å². The number of hydrogen-bond acceptors (Lipinski definition) is 5. The maximum Gasteiger partial charge on any atom is 0.254 e. The molecular weight excluding hydrogens is 232 g/mol. The van der Waals surface area contributed by atoms with Gasteiger partial charge in [0.25, 0.3) is 5.91 Å². The van der Waals surface area contributed by atoms with E-state index in [1.54, 1.807) is 12.3 Å². The Kier molecular flexibility index (Phi) is 3.09. The Labute approximate surface area is 104 Å². The van der Waals surface area contributed by atoms with E-state index < -0.39 is 5.91 Å². The molecule has 0 aliphatic carbocycles. The summed E-state index contributed by atoms with van der Waals surface area (Å²) in [5.41, 5.74) is 12.1. The molecule has 0 saturated heterocycles. The van der Waals surface area contributed by atoms with Gasteiger partial charge in [-0.3, -0.25) is 9.78 Å². The highest BCUT2D eigenvalue weighted by Crippen LogP contribution is 2.29. The number of nitrogens with two attached hydrogens (primary N) is 2. The number of aromatic nitrogens is 2. The third-order valence-electron chi connectivity index (χ3n) is 2.35. The lowest BCUT2D eigenvalue weighted by Crippen LogP contribution is -2.15. The van der Waals surface area contributed by atoms with Crippen molar-refractivity contribution in [3.63, 3.8) is 0 Å². The summed E-state index contributed by atoms with van der Waals surface area (Å²) < 4.78 is 5.10. The number of anilines is 1. The lowest BCUT2D eigenvalue weighted by Gasteiger charge is -2.11. The van der Waals surface area contributed by atoms with E-state index in [2.05, 4.69) is 16.0 Å². The van der Waals surface area contributed by atoms with Gasteiger partial charge in [0.05, 0.1) is 12.8 Å². The second kappa shape index (κ2) is 4.70. The van der Waals surface area contributed by atoms with Crippen LogP contribution in [0.15, 0.2) is 24.5 Å². The first-order valence-corrected chi connectivity index (χ1v) is 5.10. The molecule has 0 atom stereocenters. The number of ether oxygens (including phenoxy) is 1. The summed E-state index contributed by atoms with van der Waals surface area (Å²) in [4.78, 5) is 19.5. The first-order valence-electron chi connectivity index (χ1n) is 5.10. The van der Waals surface area contributed by atoms with E-state index in [9.17, 15) is 4.79 Å². The van der Waals surface area contributed by atoms with Crippen LogP contribution in [0.4, 0.5) is 5.82 Å². The molecule has 91 valence electrons. The van der Waals surface area contributed by atoms with Gasteiger partial charge in [-0.2, -0.15) is 0 Å². The van der Waals surface area contributed by atoms with E-state index >= 15 is 0 Å².